The van der Waals surface area contributed by atoms with E-state index >= 15 is 0 Å². The third-order valence-electron chi connectivity index (χ3n) is 1.67. The molecule has 0 aliphatic heterocycles. The number of hydrogen-bond acceptors (Lipinski definition) is 5. The first kappa shape index (κ1) is 11.5. The molecule has 1 N–H and O–H groups in total. The Balaban J connectivity index is 2.89. The van der Waals surface area contributed by atoms with Crippen molar-refractivity contribution in [3.05, 3.63) is 18.1 Å². The normalized spacial score (nSPS) is 11.7. The van der Waals surface area contributed by atoms with Crippen molar-refractivity contribution in [2.45, 2.75) is 23.6 Å². The summed E-state index contributed by atoms with van der Waals surface area (Å²) >= 11 is 1.05. The van der Waals surface area contributed by atoms with E-state index in [2.05, 4.69) is 9.97 Å². The maximum atomic E-state index is 10.8. The van der Waals surface area contributed by atoms with E-state index in [1.165, 1.54) is 12.4 Å². The average molecular weight is 223 g/mol. The summed E-state index contributed by atoms with van der Waals surface area (Å²) in [7, 11) is 0. The second kappa shape index (κ2) is 5.32. The number of rotatable bonds is 4. The fourth-order valence-electron chi connectivity index (χ4n) is 0.931. The molecule has 0 aliphatic carbocycles. The second-order valence-corrected chi connectivity index (χ2v) is 3.87. The highest BCUT2D eigenvalue weighted by molar-refractivity contribution is 8.00. The van der Waals surface area contributed by atoms with Crippen molar-refractivity contribution in [1.82, 2.24) is 9.97 Å². The van der Waals surface area contributed by atoms with Crippen LogP contribution in [0.4, 0.5) is 0 Å². The van der Waals surface area contributed by atoms with Gasteiger partial charge in [-0.05, 0) is 6.42 Å². The zero-order valence-electron chi connectivity index (χ0n) is 8.04. The smallest absolute Gasteiger partial charge is 0.317 e. The van der Waals surface area contributed by atoms with Crippen LogP contribution in [0.25, 0.3) is 0 Å². The van der Waals surface area contributed by atoms with E-state index in [1.807, 2.05) is 6.07 Å². The number of aromatic nitrogens is 2. The Morgan fingerprint density at radius 2 is 2.33 bits per heavy atom. The molecule has 0 saturated heterocycles. The fourth-order valence-corrected chi connectivity index (χ4v) is 1.80. The molecule has 1 unspecified atom stereocenters. The summed E-state index contributed by atoms with van der Waals surface area (Å²) in [6, 6.07) is 1.88. The van der Waals surface area contributed by atoms with E-state index < -0.39 is 11.2 Å². The van der Waals surface area contributed by atoms with Gasteiger partial charge in [0.25, 0.3) is 0 Å². The molecule has 0 radical (unpaired) electrons. The molecule has 5 nitrogen and oxygen atoms in total. The maximum Gasteiger partial charge on any atom is 0.317 e. The molecule has 1 heterocycles. The van der Waals surface area contributed by atoms with Crippen molar-refractivity contribution in [3.63, 3.8) is 0 Å². The van der Waals surface area contributed by atoms with Gasteiger partial charge < -0.3 is 5.11 Å². The van der Waals surface area contributed by atoms with Crippen LogP contribution in [0, 0.1) is 11.3 Å². The summed E-state index contributed by atoms with van der Waals surface area (Å²) in [5.74, 6) is -0.906. The number of aliphatic carboxylic acids is 1. The van der Waals surface area contributed by atoms with Crippen LogP contribution in [0.1, 0.15) is 19.0 Å². The molecule has 6 heteroatoms. The Kier molecular flexibility index (Phi) is 4.06. The molecule has 0 fully saturated rings. The Bertz CT molecular complexity index is 403. The number of nitriles is 1. The fraction of sp³-hybridized carbons (Fsp3) is 0.333. The molecule has 0 aliphatic rings. The molecule has 15 heavy (non-hydrogen) atoms. The zero-order chi connectivity index (χ0) is 11.3. The lowest BCUT2D eigenvalue weighted by atomic mass is 10.3. The van der Waals surface area contributed by atoms with Gasteiger partial charge in [0, 0.05) is 12.4 Å². The maximum absolute atomic E-state index is 10.8. The van der Waals surface area contributed by atoms with E-state index in [1.54, 1.807) is 6.92 Å². The first-order valence-electron chi connectivity index (χ1n) is 4.29. The minimum absolute atomic E-state index is 0.169. The summed E-state index contributed by atoms with van der Waals surface area (Å²) < 4.78 is 0. The van der Waals surface area contributed by atoms with Crippen molar-refractivity contribution in [2.75, 3.05) is 0 Å². The zero-order valence-corrected chi connectivity index (χ0v) is 8.86. The third kappa shape index (κ3) is 2.92. The number of carboxylic acid groups (broad SMARTS) is 1. The topological polar surface area (TPSA) is 86.9 Å². The van der Waals surface area contributed by atoms with Crippen LogP contribution in [0.3, 0.4) is 0 Å². The van der Waals surface area contributed by atoms with Crippen LogP contribution in [-0.4, -0.2) is 26.3 Å². The minimum Gasteiger partial charge on any atom is -0.480 e. The molecule has 0 spiro atoms. The molecule has 1 rings (SSSR count). The van der Waals surface area contributed by atoms with Crippen LogP contribution in [0.15, 0.2) is 17.4 Å². The van der Waals surface area contributed by atoms with E-state index in [4.69, 9.17) is 10.4 Å². The molecule has 1 aromatic rings. The van der Waals surface area contributed by atoms with Crippen molar-refractivity contribution < 1.29 is 9.90 Å². The first-order valence-corrected chi connectivity index (χ1v) is 5.17. The lowest BCUT2D eigenvalue weighted by Gasteiger charge is -2.08. The number of hydrogen-bond donors (Lipinski definition) is 1. The second-order valence-electron chi connectivity index (χ2n) is 2.67. The molecule has 0 bridgehead atoms. The molecule has 0 amide bonds. The average Bonchev–Trinajstić information content (AvgIpc) is 2.25. The van der Waals surface area contributed by atoms with Gasteiger partial charge in [0.2, 0.25) is 0 Å². The molecule has 1 atom stereocenters. The predicted octanol–water partition coefficient (Wildman–Crippen LogP) is 1.30. The Hall–Kier alpha value is -1.61. The van der Waals surface area contributed by atoms with Gasteiger partial charge in [0.1, 0.15) is 16.3 Å². The highest BCUT2D eigenvalue weighted by Gasteiger charge is 2.19. The van der Waals surface area contributed by atoms with Crippen LogP contribution < -0.4 is 0 Å². The van der Waals surface area contributed by atoms with Crippen LogP contribution in [-0.2, 0) is 4.79 Å². The van der Waals surface area contributed by atoms with E-state index in [0.717, 1.165) is 11.8 Å². The van der Waals surface area contributed by atoms with Crippen molar-refractivity contribution in [2.24, 2.45) is 0 Å². The number of nitrogens with zero attached hydrogens (tertiary/aromatic N) is 3. The van der Waals surface area contributed by atoms with Gasteiger partial charge in [-0.3, -0.25) is 4.79 Å². The standard InChI is InChI=1S/C9H9N3O2S/c1-2-7(9(13)14)15-8-6(5-10)11-3-4-12-8/h3-4,7H,2H2,1H3,(H,13,14). The van der Waals surface area contributed by atoms with Crippen molar-refractivity contribution in [3.8, 4) is 6.07 Å². The Morgan fingerprint density at radius 1 is 1.67 bits per heavy atom. The largest absolute Gasteiger partial charge is 0.480 e. The summed E-state index contributed by atoms with van der Waals surface area (Å²) in [5.41, 5.74) is 0.169. The summed E-state index contributed by atoms with van der Waals surface area (Å²) in [6.45, 7) is 1.77. The van der Waals surface area contributed by atoms with Crippen LogP contribution in [0.2, 0.25) is 0 Å². The molecule has 0 saturated carbocycles. The molecular weight excluding hydrogens is 214 g/mol. The number of carboxylic acids is 1. The van der Waals surface area contributed by atoms with E-state index in [-0.39, 0.29) is 5.69 Å². The first-order chi connectivity index (χ1) is 7.19. The lowest BCUT2D eigenvalue weighted by Crippen LogP contribution is -2.15. The van der Waals surface area contributed by atoms with E-state index in [0.29, 0.717) is 11.4 Å². The summed E-state index contributed by atoms with van der Waals surface area (Å²) in [6.07, 6.45) is 3.32. The monoisotopic (exact) mass is 223 g/mol. The lowest BCUT2D eigenvalue weighted by molar-refractivity contribution is -0.136. The SMILES string of the molecule is CCC(Sc1nccnc1C#N)C(=O)O. The number of thioether (sulfide) groups is 1. The van der Waals surface area contributed by atoms with Gasteiger partial charge in [0.05, 0.1) is 0 Å². The van der Waals surface area contributed by atoms with Gasteiger partial charge >= 0.3 is 5.97 Å². The molecule has 1 aromatic heterocycles. The van der Waals surface area contributed by atoms with Gasteiger partial charge in [-0.1, -0.05) is 18.7 Å². The molecule has 0 aromatic carbocycles. The van der Waals surface area contributed by atoms with Crippen molar-refractivity contribution in [1.29, 1.82) is 5.26 Å². The van der Waals surface area contributed by atoms with E-state index in [9.17, 15) is 4.79 Å². The van der Waals surface area contributed by atoms with Crippen LogP contribution >= 0.6 is 11.8 Å². The summed E-state index contributed by atoms with van der Waals surface area (Å²) in [5, 5.41) is 17.4. The Morgan fingerprint density at radius 3 is 2.87 bits per heavy atom. The van der Waals surface area contributed by atoms with Gasteiger partial charge in [0.15, 0.2) is 5.69 Å². The van der Waals surface area contributed by atoms with Crippen molar-refractivity contribution >= 4 is 17.7 Å². The van der Waals surface area contributed by atoms with Gasteiger partial charge in [-0.2, -0.15) is 5.26 Å². The van der Waals surface area contributed by atoms with Crippen LogP contribution in [0.5, 0.6) is 0 Å². The quantitative estimate of drug-likeness (QED) is 0.774. The third-order valence-corrected chi connectivity index (χ3v) is 3.01. The Labute approximate surface area is 91.2 Å². The van der Waals surface area contributed by atoms with Gasteiger partial charge in [-0.25, -0.2) is 9.97 Å². The minimum atomic E-state index is -0.906. The van der Waals surface area contributed by atoms with Gasteiger partial charge in [-0.15, -0.1) is 0 Å². The highest BCUT2D eigenvalue weighted by atomic mass is 32.2. The molecule has 78 valence electrons. The number of carbonyl (C=O) groups is 1. The summed E-state index contributed by atoms with van der Waals surface area (Å²) in [4.78, 5) is 18.5. The predicted molar refractivity (Wildman–Crippen MR) is 54.3 cm³/mol. The highest BCUT2D eigenvalue weighted by Crippen LogP contribution is 2.25. The molecular formula is C9H9N3O2S.